The first-order valence-electron chi connectivity index (χ1n) is 5.48. The van der Waals surface area contributed by atoms with Gasteiger partial charge in [0, 0.05) is 31.5 Å². The summed E-state index contributed by atoms with van der Waals surface area (Å²) in [6.45, 7) is 1.94. The Balaban J connectivity index is 1.98. The Morgan fingerprint density at radius 3 is 3.00 bits per heavy atom. The molecular weight excluding hydrogens is 218 g/mol. The Bertz CT molecular complexity index is 530. The summed E-state index contributed by atoms with van der Waals surface area (Å²) in [7, 11) is 1.86. The van der Waals surface area contributed by atoms with Crippen molar-refractivity contribution in [2.45, 2.75) is 19.6 Å². The molecule has 2 heterocycles. The van der Waals surface area contributed by atoms with Gasteiger partial charge in [-0.1, -0.05) is 11.3 Å². The fourth-order valence-corrected chi connectivity index (χ4v) is 1.57. The Kier molecular flexibility index (Phi) is 3.66. The SMILES string of the molecule is CNCc1cn(CCn2ccccc2=O)nn1. The summed E-state index contributed by atoms with van der Waals surface area (Å²) >= 11 is 0. The maximum absolute atomic E-state index is 11.5. The van der Waals surface area contributed by atoms with Gasteiger partial charge in [0.15, 0.2) is 0 Å². The summed E-state index contributed by atoms with van der Waals surface area (Å²) in [5.41, 5.74) is 0.899. The first kappa shape index (κ1) is 11.5. The van der Waals surface area contributed by atoms with Crippen molar-refractivity contribution in [3.63, 3.8) is 0 Å². The maximum atomic E-state index is 11.5. The lowest BCUT2D eigenvalue weighted by Crippen LogP contribution is -2.20. The highest BCUT2D eigenvalue weighted by molar-refractivity contribution is 4.93. The molecule has 0 aliphatic carbocycles. The third-order valence-electron chi connectivity index (χ3n) is 2.41. The van der Waals surface area contributed by atoms with Gasteiger partial charge in [-0.05, 0) is 13.1 Å². The molecule has 0 spiro atoms. The van der Waals surface area contributed by atoms with Crippen molar-refractivity contribution in [2.24, 2.45) is 0 Å². The van der Waals surface area contributed by atoms with Crippen LogP contribution in [0.15, 0.2) is 35.4 Å². The highest BCUT2D eigenvalue weighted by Gasteiger charge is 2.00. The molecule has 0 atom stereocenters. The van der Waals surface area contributed by atoms with E-state index in [9.17, 15) is 4.79 Å². The number of aryl methyl sites for hydroxylation is 2. The molecule has 0 fully saturated rings. The van der Waals surface area contributed by atoms with E-state index in [-0.39, 0.29) is 5.56 Å². The zero-order valence-electron chi connectivity index (χ0n) is 9.71. The number of hydrogen-bond acceptors (Lipinski definition) is 4. The van der Waals surface area contributed by atoms with Gasteiger partial charge >= 0.3 is 0 Å². The summed E-state index contributed by atoms with van der Waals surface area (Å²) < 4.78 is 3.39. The van der Waals surface area contributed by atoms with Crippen molar-refractivity contribution in [1.82, 2.24) is 24.9 Å². The zero-order chi connectivity index (χ0) is 12.1. The predicted molar refractivity (Wildman–Crippen MR) is 63.5 cm³/mol. The van der Waals surface area contributed by atoms with Gasteiger partial charge in [0.2, 0.25) is 0 Å². The monoisotopic (exact) mass is 233 g/mol. The quantitative estimate of drug-likeness (QED) is 0.780. The molecular formula is C11H15N5O. The van der Waals surface area contributed by atoms with Crippen LogP contribution in [-0.4, -0.2) is 26.6 Å². The minimum Gasteiger partial charge on any atom is -0.314 e. The molecule has 2 rings (SSSR count). The number of nitrogens with one attached hydrogen (secondary N) is 1. The van der Waals surface area contributed by atoms with E-state index in [4.69, 9.17) is 0 Å². The number of hydrogen-bond donors (Lipinski definition) is 1. The van der Waals surface area contributed by atoms with Gasteiger partial charge in [-0.3, -0.25) is 9.48 Å². The average Bonchev–Trinajstić information content (AvgIpc) is 2.76. The molecule has 0 aliphatic heterocycles. The van der Waals surface area contributed by atoms with E-state index in [0.29, 0.717) is 19.6 Å². The van der Waals surface area contributed by atoms with Crippen molar-refractivity contribution in [2.75, 3.05) is 7.05 Å². The van der Waals surface area contributed by atoms with Crippen LogP contribution in [0.5, 0.6) is 0 Å². The predicted octanol–water partition coefficient (Wildman–Crippen LogP) is -0.141. The molecule has 0 unspecified atom stereocenters. The van der Waals surface area contributed by atoms with E-state index in [0.717, 1.165) is 5.69 Å². The minimum atomic E-state index is 0.00284. The molecule has 0 saturated carbocycles. The molecule has 6 nitrogen and oxygen atoms in total. The Labute approximate surface area is 98.9 Å². The molecule has 0 aromatic carbocycles. The molecule has 1 N–H and O–H groups in total. The first-order chi connectivity index (χ1) is 8.29. The molecule has 0 amide bonds. The van der Waals surface area contributed by atoms with Gasteiger partial charge in [-0.25, -0.2) is 0 Å². The largest absolute Gasteiger partial charge is 0.314 e. The molecule has 6 heteroatoms. The minimum absolute atomic E-state index is 0.00284. The van der Waals surface area contributed by atoms with Crippen LogP contribution < -0.4 is 10.9 Å². The number of aromatic nitrogens is 4. The van der Waals surface area contributed by atoms with Crippen LogP contribution in [0.3, 0.4) is 0 Å². The van der Waals surface area contributed by atoms with Gasteiger partial charge in [-0.15, -0.1) is 5.10 Å². The van der Waals surface area contributed by atoms with Crippen LogP contribution in [0.1, 0.15) is 5.69 Å². The standard InChI is InChI=1S/C11H15N5O/c1-12-8-10-9-16(14-13-10)7-6-15-5-3-2-4-11(15)17/h2-5,9,12H,6-8H2,1H3. The van der Waals surface area contributed by atoms with E-state index in [1.807, 2.05) is 19.3 Å². The van der Waals surface area contributed by atoms with Crippen LogP contribution in [0, 0.1) is 0 Å². The second-order valence-electron chi connectivity index (χ2n) is 3.74. The molecule has 0 saturated heterocycles. The third-order valence-corrected chi connectivity index (χ3v) is 2.41. The summed E-state index contributed by atoms with van der Waals surface area (Å²) in [5.74, 6) is 0. The second-order valence-corrected chi connectivity index (χ2v) is 3.74. The van der Waals surface area contributed by atoms with Crippen molar-refractivity contribution in [3.8, 4) is 0 Å². The summed E-state index contributed by atoms with van der Waals surface area (Å²) in [5, 5.41) is 11.0. The van der Waals surface area contributed by atoms with Crippen molar-refractivity contribution in [3.05, 3.63) is 46.6 Å². The highest BCUT2D eigenvalue weighted by Crippen LogP contribution is 1.93. The topological polar surface area (TPSA) is 64.7 Å². The summed E-state index contributed by atoms with van der Waals surface area (Å²) in [6.07, 6.45) is 3.65. The van der Waals surface area contributed by atoms with Crippen LogP contribution in [-0.2, 0) is 19.6 Å². The number of nitrogens with zero attached hydrogens (tertiary/aromatic N) is 4. The molecule has 90 valence electrons. The van der Waals surface area contributed by atoms with E-state index in [2.05, 4.69) is 15.6 Å². The van der Waals surface area contributed by atoms with Crippen molar-refractivity contribution >= 4 is 0 Å². The summed E-state index contributed by atoms with van der Waals surface area (Å²) in [4.78, 5) is 11.5. The van der Waals surface area contributed by atoms with Crippen LogP contribution in [0.4, 0.5) is 0 Å². The molecule has 0 aliphatic rings. The van der Waals surface area contributed by atoms with Crippen LogP contribution in [0.25, 0.3) is 0 Å². The van der Waals surface area contributed by atoms with Gasteiger partial charge in [0.25, 0.3) is 5.56 Å². The number of rotatable bonds is 5. The smallest absolute Gasteiger partial charge is 0.250 e. The van der Waals surface area contributed by atoms with Crippen LogP contribution >= 0.6 is 0 Å². The lowest BCUT2D eigenvalue weighted by atomic mass is 10.4. The molecule has 0 bridgehead atoms. The fourth-order valence-electron chi connectivity index (χ4n) is 1.57. The Morgan fingerprint density at radius 1 is 1.35 bits per heavy atom. The van der Waals surface area contributed by atoms with Gasteiger partial charge in [-0.2, -0.15) is 0 Å². The highest BCUT2D eigenvalue weighted by atomic mass is 16.1. The Morgan fingerprint density at radius 2 is 2.24 bits per heavy atom. The lowest BCUT2D eigenvalue weighted by molar-refractivity contribution is 0.511. The maximum Gasteiger partial charge on any atom is 0.250 e. The van der Waals surface area contributed by atoms with Gasteiger partial charge in [0.1, 0.15) is 0 Å². The van der Waals surface area contributed by atoms with E-state index in [1.165, 1.54) is 0 Å². The molecule has 2 aromatic heterocycles. The average molecular weight is 233 g/mol. The van der Waals surface area contributed by atoms with Gasteiger partial charge in [0.05, 0.1) is 12.2 Å². The Hall–Kier alpha value is -1.95. The van der Waals surface area contributed by atoms with E-state index < -0.39 is 0 Å². The van der Waals surface area contributed by atoms with E-state index in [1.54, 1.807) is 27.6 Å². The molecule has 17 heavy (non-hydrogen) atoms. The van der Waals surface area contributed by atoms with Crippen LogP contribution in [0.2, 0.25) is 0 Å². The fraction of sp³-hybridized carbons (Fsp3) is 0.364. The molecule has 0 radical (unpaired) electrons. The molecule has 2 aromatic rings. The lowest BCUT2D eigenvalue weighted by Gasteiger charge is -2.03. The first-order valence-corrected chi connectivity index (χ1v) is 5.48. The van der Waals surface area contributed by atoms with Crippen molar-refractivity contribution < 1.29 is 0 Å². The van der Waals surface area contributed by atoms with E-state index >= 15 is 0 Å². The third kappa shape index (κ3) is 3.01. The zero-order valence-corrected chi connectivity index (χ0v) is 9.71. The summed E-state index contributed by atoms with van der Waals surface area (Å²) in [6, 6.07) is 5.13. The van der Waals surface area contributed by atoms with Gasteiger partial charge < -0.3 is 9.88 Å². The number of pyridine rings is 1. The normalized spacial score (nSPS) is 10.6. The second kappa shape index (κ2) is 5.40. The van der Waals surface area contributed by atoms with Crippen molar-refractivity contribution in [1.29, 1.82) is 0 Å².